The van der Waals surface area contributed by atoms with Gasteiger partial charge in [0.25, 0.3) is 0 Å². The minimum atomic E-state index is -0.0989. The van der Waals surface area contributed by atoms with Gasteiger partial charge in [0, 0.05) is 42.6 Å². The molecule has 0 saturated carbocycles. The average molecular weight is 687 g/mol. The molecule has 0 spiro atoms. The van der Waals surface area contributed by atoms with Crippen molar-refractivity contribution in [1.82, 2.24) is 14.0 Å². The van der Waals surface area contributed by atoms with Gasteiger partial charge < -0.3 is 9.47 Å². The van der Waals surface area contributed by atoms with E-state index < -0.39 is 0 Å². The van der Waals surface area contributed by atoms with E-state index in [0.717, 1.165) is 28.0 Å². The summed E-state index contributed by atoms with van der Waals surface area (Å²) in [6, 6.07) is 43.1. The Morgan fingerprint density at radius 2 is 1.10 bits per heavy atom. The first-order valence-corrected chi connectivity index (χ1v) is 18.2. The summed E-state index contributed by atoms with van der Waals surface area (Å²) in [6.45, 7) is 21.2. The van der Waals surface area contributed by atoms with Crippen LogP contribution in [0.3, 0.4) is 0 Å². The molecule has 5 nitrogen and oxygen atoms in total. The van der Waals surface area contributed by atoms with Crippen LogP contribution in [0.2, 0.25) is 0 Å². The summed E-state index contributed by atoms with van der Waals surface area (Å²) in [6.07, 6.45) is 1.82. The van der Waals surface area contributed by atoms with Crippen LogP contribution in [0.1, 0.15) is 63.8 Å². The highest BCUT2D eigenvalue weighted by atomic mass is 16.5. The Kier molecular flexibility index (Phi) is 7.94. The maximum Gasteiger partial charge on any atom is 0.219 e. The Balaban J connectivity index is 1.22. The summed E-state index contributed by atoms with van der Waals surface area (Å²) in [4.78, 5) is 4.56. The van der Waals surface area contributed by atoms with Gasteiger partial charge in [0.15, 0.2) is 18.0 Å². The van der Waals surface area contributed by atoms with Gasteiger partial charge in [0.05, 0.1) is 6.67 Å². The molecule has 5 heteroatoms. The Hall–Kier alpha value is -5.23. The first-order chi connectivity index (χ1) is 24.7. The Morgan fingerprint density at radius 3 is 1.71 bits per heavy atom. The molecule has 262 valence electrons. The highest BCUT2D eigenvalue weighted by Gasteiger charge is 2.63. The van der Waals surface area contributed by atoms with Gasteiger partial charge in [-0.2, -0.15) is 0 Å². The smallest absolute Gasteiger partial charge is 0.219 e. The van der Waals surface area contributed by atoms with Gasteiger partial charge in [-0.1, -0.05) is 90.1 Å². The lowest BCUT2D eigenvalue weighted by Crippen LogP contribution is -2.67. The van der Waals surface area contributed by atoms with Crippen LogP contribution in [-0.4, -0.2) is 11.7 Å². The molecule has 2 bridgehead atoms. The number of para-hydroxylation sites is 1. The molecule has 1 fully saturated rings. The molecule has 0 N–H and O–H groups in total. The molecule has 1 aromatic heterocycles. The fourth-order valence-electron chi connectivity index (χ4n) is 7.62. The van der Waals surface area contributed by atoms with Gasteiger partial charge in [-0.25, -0.2) is 4.98 Å². The largest absolute Gasteiger partial charge is 0.457 e. The van der Waals surface area contributed by atoms with E-state index in [2.05, 4.69) is 164 Å². The average Bonchev–Trinajstić information content (AvgIpc) is 3.53. The van der Waals surface area contributed by atoms with Gasteiger partial charge >= 0.3 is 0 Å². The molecular weight excluding hydrogens is 639 g/mol. The van der Waals surface area contributed by atoms with Crippen molar-refractivity contribution in [2.75, 3.05) is 6.67 Å². The molecule has 0 aliphatic carbocycles. The SMILES string of the molecule is Cc1cc2c(cc1C)[N@+]1(c3cc(Oc4cc(Oc5cc(C(C)(C)C)ccn5)cc(-c5ccccc5)c4)cc(C(C)(C)C)c3)[CH-][N@@+]2(c2ccccc2)C1. The lowest BCUT2D eigenvalue weighted by molar-refractivity contribution is 0.186. The summed E-state index contributed by atoms with van der Waals surface area (Å²) in [7, 11) is 0. The van der Waals surface area contributed by atoms with Gasteiger partial charge in [0.2, 0.25) is 5.88 Å². The van der Waals surface area contributed by atoms with Crippen LogP contribution in [-0.2, 0) is 10.8 Å². The van der Waals surface area contributed by atoms with Crippen molar-refractivity contribution in [1.29, 1.82) is 0 Å². The third kappa shape index (κ3) is 5.88. The van der Waals surface area contributed by atoms with E-state index >= 15 is 0 Å². The summed E-state index contributed by atoms with van der Waals surface area (Å²) < 4.78 is 14.8. The molecular formula is C47H48N3O2+. The number of hydrogen-bond acceptors (Lipinski definition) is 3. The van der Waals surface area contributed by atoms with E-state index in [1.54, 1.807) is 0 Å². The van der Waals surface area contributed by atoms with Crippen LogP contribution in [0.4, 0.5) is 22.7 Å². The van der Waals surface area contributed by atoms with Crippen molar-refractivity contribution in [3.05, 3.63) is 156 Å². The van der Waals surface area contributed by atoms with E-state index in [1.165, 1.54) is 45.0 Å². The van der Waals surface area contributed by atoms with Crippen LogP contribution in [0.25, 0.3) is 11.1 Å². The molecule has 1 saturated heterocycles. The molecule has 3 aliphatic heterocycles. The van der Waals surface area contributed by atoms with Gasteiger partial charge in [-0.15, -0.1) is 0 Å². The molecule has 5 aromatic carbocycles. The molecule has 0 radical (unpaired) electrons. The van der Waals surface area contributed by atoms with E-state index in [1.807, 2.05) is 30.5 Å². The Morgan fingerprint density at radius 1 is 0.538 bits per heavy atom. The maximum atomic E-state index is 6.91. The van der Waals surface area contributed by atoms with E-state index in [9.17, 15) is 0 Å². The third-order valence-electron chi connectivity index (χ3n) is 10.8. The minimum absolute atomic E-state index is 0.0239. The number of benzene rings is 5. The molecule has 2 atom stereocenters. The highest BCUT2D eigenvalue weighted by molar-refractivity contribution is 5.89. The quantitative estimate of drug-likeness (QED) is 0.124. The predicted octanol–water partition coefficient (Wildman–Crippen LogP) is 12.9. The van der Waals surface area contributed by atoms with Crippen LogP contribution in [0.15, 0.2) is 128 Å². The van der Waals surface area contributed by atoms with Crippen LogP contribution >= 0.6 is 0 Å². The first-order valence-electron chi connectivity index (χ1n) is 18.2. The molecule has 0 amide bonds. The van der Waals surface area contributed by atoms with E-state index in [0.29, 0.717) is 21.9 Å². The van der Waals surface area contributed by atoms with E-state index in [-0.39, 0.29) is 10.8 Å². The first kappa shape index (κ1) is 33.9. The molecule has 3 aliphatic rings. The zero-order valence-corrected chi connectivity index (χ0v) is 31.6. The number of aryl methyl sites for hydroxylation is 2. The van der Waals surface area contributed by atoms with Crippen LogP contribution in [0.5, 0.6) is 23.1 Å². The highest BCUT2D eigenvalue weighted by Crippen LogP contribution is 2.65. The normalized spacial score (nSPS) is 19.2. The Bertz CT molecular complexity index is 2290. The zero-order valence-electron chi connectivity index (χ0n) is 31.6. The number of quaternary nitrogens is 2. The van der Waals surface area contributed by atoms with Gasteiger partial charge in [-0.05, 0) is 94.5 Å². The predicted molar refractivity (Wildman–Crippen MR) is 215 cm³/mol. The molecule has 4 heterocycles. The van der Waals surface area contributed by atoms with Crippen molar-refractivity contribution in [3.8, 4) is 34.3 Å². The second-order valence-corrected chi connectivity index (χ2v) is 16.6. The number of rotatable bonds is 7. The van der Waals surface area contributed by atoms with Crippen molar-refractivity contribution in [3.63, 3.8) is 0 Å². The number of nitrogens with zero attached hydrogens (tertiary/aromatic N) is 3. The van der Waals surface area contributed by atoms with E-state index in [4.69, 9.17) is 9.47 Å². The van der Waals surface area contributed by atoms with Crippen LogP contribution in [0, 0.1) is 20.5 Å². The Labute approximate surface area is 308 Å². The lowest BCUT2D eigenvalue weighted by atomic mass is 9.86. The van der Waals surface area contributed by atoms with Crippen molar-refractivity contribution < 1.29 is 9.47 Å². The second kappa shape index (κ2) is 12.2. The fourth-order valence-corrected chi connectivity index (χ4v) is 7.62. The molecule has 6 aromatic rings. The summed E-state index contributed by atoms with van der Waals surface area (Å²) in [5.41, 5.74) is 12.1. The summed E-state index contributed by atoms with van der Waals surface area (Å²) in [5.74, 6) is 2.73. The lowest BCUT2D eigenvalue weighted by Gasteiger charge is -2.56. The number of hydrogen-bond donors (Lipinski definition) is 0. The van der Waals surface area contributed by atoms with Crippen molar-refractivity contribution >= 4 is 22.7 Å². The van der Waals surface area contributed by atoms with Crippen LogP contribution < -0.4 is 18.4 Å². The standard InChI is InChI=1S/C47H48N3O2/c1-32-21-43-44(22-33(32)2)50(30-49(43,31-50)38-17-13-10-14-18-38)39-25-37(47(6,7)8)26-42(28-39)51-40-23-35(34-15-11-9-12-16-34)24-41(29-40)52-45-27-36(19-20-48-45)46(3,4)5/h9-30H,31H2,1-8H3/q+1/t49-,50+/m0/s1. The zero-order chi connectivity index (χ0) is 36.5. The van der Waals surface area contributed by atoms with Gasteiger partial charge in [-0.3, -0.25) is 8.97 Å². The number of aromatic nitrogens is 1. The second-order valence-electron chi connectivity index (χ2n) is 16.6. The monoisotopic (exact) mass is 686 g/mol. The minimum Gasteiger partial charge on any atom is -0.457 e. The molecule has 52 heavy (non-hydrogen) atoms. The third-order valence-corrected chi connectivity index (χ3v) is 10.8. The summed E-state index contributed by atoms with van der Waals surface area (Å²) in [5, 5.41) is 0. The number of ether oxygens (including phenoxy) is 2. The summed E-state index contributed by atoms with van der Waals surface area (Å²) >= 11 is 0. The van der Waals surface area contributed by atoms with Gasteiger partial charge in [0.1, 0.15) is 28.6 Å². The number of pyridine rings is 1. The van der Waals surface area contributed by atoms with Crippen molar-refractivity contribution in [2.24, 2.45) is 0 Å². The molecule has 0 unspecified atom stereocenters. The topological polar surface area (TPSA) is 31.4 Å². The maximum absolute atomic E-state index is 6.91. The van der Waals surface area contributed by atoms with Crippen molar-refractivity contribution in [2.45, 2.75) is 66.2 Å². The molecule has 9 rings (SSSR count). The fraction of sp³-hybridized carbons (Fsp3) is 0.234.